The molecule has 0 aliphatic heterocycles. The Morgan fingerprint density at radius 3 is 2.72 bits per heavy atom. The number of aromatic nitrogens is 2. The minimum absolute atomic E-state index is 0.0626. The molecule has 0 bridgehead atoms. The van der Waals surface area contributed by atoms with E-state index in [1.165, 1.54) is 7.11 Å². The molecule has 0 atom stereocenters. The van der Waals surface area contributed by atoms with Gasteiger partial charge < -0.3 is 10.5 Å². The van der Waals surface area contributed by atoms with Gasteiger partial charge in [-0.3, -0.25) is 19.0 Å². The number of para-hydroxylation sites is 1. The molecule has 0 radical (unpaired) electrons. The summed E-state index contributed by atoms with van der Waals surface area (Å²) in [6.07, 6.45) is 2.58. The number of ether oxygens (including phenoxy) is 1. The number of fused-ring (bicyclic) bond motifs is 1. The molecule has 1 aromatic carbocycles. The Balaban J connectivity index is 2.15. The van der Waals surface area contributed by atoms with E-state index in [1.54, 1.807) is 22.8 Å². The largest absolute Gasteiger partial charge is 0.469 e. The highest BCUT2D eigenvalue weighted by Crippen LogP contribution is 2.18. The van der Waals surface area contributed by atoms with Crippen LogP contribution in [0.2, 0.25) is 0 Å². The van der Waals surface area contributed by atoms with E-state index in [-0.39, 0.29) is 17.3 Å². The first-order chi connectivity index (χ1) is 12.0. The smallest absolute Gasteiger partial charge is 0.305 e. The molecule has 0 fully saturated rings. The normalized spacial score (nSPS) is 10.8. The molecule has 7 nitrogen and oxygen atoms in total. The number of nitrogens with two attached hydrogens (primary N) is 1. The molecule has 0 saturated carbocycles. The first-order valence-corrected chi connectivity index (χ1v) is 8.99. The van der Waals surface area contributed by atoms with Gasteiger partial charge in [-0.15, -0.1) is 0 Å². The number of esters is 1. The average molecular weight is 363 g/mol. The van der Waals surface area contributed by atoms with E-state index in [2.05, 4.69) is 9.72 Å². The predicted octanol–water partition coefficient (Wildman–Crippen LogP) is 1.71. The Bertz CT molecular complexity index is 819. The fourth-order valence-electron chi connectivity index (χ4n) is 2.41. The summed E-state index contributed by atoms with van der Waals surface area (Å²) in [5, 5.41) is 1.02. The zero-order valence-corrected chi connectivity index (χ0v) is 14.9. The standard InChI is InChI=1S/C17H21N3O4S/c1-24-15(22)9-3-2-6-10-20-16(23)12-7-4-5-8-13(12)19-17(20)25-11-14(18)21/h4-5,7-8H,2-3,6,9-11H2,1H3,(H2,18,21). The van der Waals surface area contributed by atoms with E-state index < -0.39 is 5.91 Å². The lowest BCUT2D eigenvalue weighted by molar-refractivity contribution is -0.140. The van der Waals surface area contributed by atoms with Gasteiger partial charge in [0.1, 0.15) is 0 Å². The number of carbonyl (C=O) groups is 2. The molecular weight excluding hydrogens is 342 g/mol. The Hall–Kier alpha value is -2.35. The third-order valence-electron chi connectivity index (χ3n) is 3.66. The Labute approximate surface area is 149 Å². The molecule has 0 aliphatic rings. The molecule has 25 heavy (non-hydrogen) atoms. The van der Waals surface area contributed by atoms with Gasteiger partial charge in [0.25, 0.3) is 5.56 Å². The molecule has 0 unspecified atom stereocenters. The number of unbranched alkanes of at least 4 members (excludes halogenated alkanes) is 2. The quantitative estimate of drug-likeness (QED) is 0.315. The number of carbonyl (C=O) groups excluding carboxylic acids is 2. The third kappa shape index (κ3) is 5.32. The molecule has 2 rings (SSSR count). The van der Waals surface area contributed by atoms with Crippen LogP contribution in [-0.2, 0) is 20.9 Å². The van der Waals surface area contributed by atoms with Crippen LogP contribution in [0.5, 0.6) is 0 Å². The van der Waals surface area contributed by atoms with Gasteiger partial charge in [-0.1, -0.05) is 30.3 Å². The van der Waals surface area contributed by atoms with Crippen molar-refractivity contribution >= 4 is 34.5 Å². The topological polar surface area (TPSA) is 104 Å². The van der Waals surface area contributed by atoms with Gasteiger partial charge in [-0.05, 0) is 25.0 Å². The molecule has 1 aromatic heterocycles. The van der Waals surface area contributed by atoms with Gasteiger partial charge in [-0.2, -0.15) is 0 Å². The van der Waals surface area contributed by atoms with Crippen LogP contribution in [0.3, 0.4) is 0 Å². The predicted molar refractivity (Wildman–Crippen MR) is 96.4 cm³/mol. The van der Waals surface area contributed by atoms with Crippen LogP contribution in [0.1, 0.15) is 25.7 Å². The fraction of sp³-hybridized carbons (Fsp3) is 0.412. The maximum absolute atomic E-state index is 12.7. The van der Waals surface area contributed by atoms with Crippen molar-refractivity contribution in [3.05, 3.63) is 34.6 Å². The van der Waals surface area contributed by atoms with Crippen molar-refractivity contribution in [1.29, 1.82) is 0 Å². The third-order valence-corrected chi connectivity index (χ3v) is 4.66. The second kappa shape index (κ2) is 9.22. The molecular formula is C17H21N3O4S. The average Bonchev–Trinajstić information content (AvgIpc) is 2.61. The van der Waals surface area contributed by atoms with Gasteiger partial charge in [0, 0.05) is 13.0 Å². The number of primary amides is 1. The van der Waals surface area contributed by atoms with Crippen LogP contribution in [0.15, 0.2) is 34.2 Å². The molecule has 2 aromatic rings. The van der Waals surface area contributed by atoms with Crippen molar-refractivity contribution in [3.8, 4) is 0 Å². The minimum Gasteiger partial charge on any atom is -0.469 e. The summed E-state index contributed by atoms with van der Waals surface area (Å²) in [6, 6.07) is 7.11. The van der Waals surface area contributed by atoms with Crippen LogP contribution < -0.4 is 11.3 Å². The van der Waals surface area contributed by atoms with E-state index >= 15 is 0 Å². The number of hydrogen-bond donors (Lipinski definition) is 1. The number of amides is 1. The summed E-state index contributed by atoms with van der Waals surface area (Å²) in [5.74, 6) is -0.632. The van der Waals surface area contributed by atoms with Crippen molar-refractivity contribution in [2.75, 3.05) is 12.9 Å². The first-order valence-electron chi connectivity index (χ1n) is 8.00. The van der Waals surface area contributed by atoms with Crippen LogP contribution in [0, 0.1) is 0 Å². The van der Waals surface area contributed by atoms with Crippen molar-refractivity contribution in [1.82, 2.24) is 9.55 Å². The van der Waals surface area contributed by atoms with Crippen molar-refractivity contribution < 1.29 is 14.3 Å². The van der Waals surface area contributed by atoms with E-state index in [0.717, 1.165) is 24.6 Å². The monoisotopic (exact) mass is 363 g/mol. The van der Waals surface area contributed by atoms with Crippen LogP contribution in [0.4, 0.5) is 0 Å². The lowest BCUT2D eigenvalue weighted by atomic mass is 10.2. The number of hydrogen-bond acceptors (Lipinski definition) is 6. The molecule has 2 N–H and O–H groups in total. The van der Waals surface area contributed by atoms with Crippen LogP contribution in [0.25, 0.3) is 10.9 Å². The molecule has 1 heterocycles. The first kappa shape index (κ1) is 19.0. The molecule has 8 heteroatoms. The van der Waals surface area contributed by atoms with Crippen LogP contribution >= 0.6 is 11.8 Å². The number of rotatable bonds is 9. The highest BCUT2D eigenvalue weighted by Gasteiger charge is 2.12. The Morgan fingerprint density at radius 1 is 1.24 bits per heavy atom. The van der Waals surface area contributed by atoms with Crippen LogP contribution in [-0.4, -0.2) is 34.3 Å². The number of methoxy groups -OCH3 is 1. The summed E-state index contributed by atoms with van der Waals surface area (Å²) in [7, 11) is 1.37. The van der Waals surface area contributed by atoms with Gasteiger partial charge in [0.2, 0.25) is 5.91 Å². The molecule has 134 valence electrons. The molecule has 0 aliphatic carbocycles. The van der Waals surface area contributed by atoms with E-state index in [1.807, 2.05) is 6.07 Å². The zero-order chi connectivity index (χ0) is 18.2. The minimum atomic E-state index is -0.461. The number of benzene rings is 1. The number of nitrogens with zero attached hydrogens (tertiary/aromatic N) is 2. The maximum atomic E-state index is 12.7. The molecule has 0 saturated heterocycles. The Morgan fingerprint density at radius 2 is 2.00 bits per heavy atom. The second-order valence-corrected chi connectivity index (χ2v) is 6.45. The maximum Gasteiger partial charge on any atom is 0.305 e. The van der Waals surface area contributed by atoms with Gasteiger partial charge in [0.05, 0.1) is 23.8 Å². The summed E-state index contributed by atoms with van der Waals surface area (Å²) < 4.78 is 6.18. The van der Waals surface area contributed by atoms with Crippen molar-refractivity contribution in [2.45, 2.75) is 37.4 Å². The highest BCUT2D eigenvalue weighted by atomic mass is 32.2. The summed E-state index contributed by atoms with van der Waals surface area (Å²) >= 11 is 1.16. The van der Waals surface area contributed by atoms with E-state index in [4.69, 9.17) is 5.73 Å². The van der Waals surface area contributed by atoms with E-state index in [9.17, 15) is 14.4 Å². The fourth-order valence-corrected chi connectivity index (χ4v) is 3.17. The highest BCUT2D eigenvalue weighted by molar-refractivity contribution is 7.99. The number of thioether (sulfide) groups is 1. The zero-order valence-electron chi connectivity index (χ0n) is 14.1. The second-order valence-electron chi connectivity index (χ2n) is 5.51. The van der Waals surface area contributed by atoms with Gasteiger partial charge >= 0.3 is 5.97 Å². The van der Waals surface area contributed by atoms with Crippen molar-refractivity contribution in [2.24, 2.45) is 5.73 Å². The van der Waals surface area contributed by atoms with Crippen molar-refractivity contribution in [3.63, 3.8) is 0 Å². The summed E-state index contributed by atoms with van der Waals surface area (Å²) in [6.45, 7) is 0.471. The lowest BCUT2D eigenvalue weighted by Gasteiger charge is -2.12. The Kier molecular flexibility index (Phi) is 7.00. The summed E-state index contributed by atoms with van der Waals surface area (Å²) in [4.78, 5) is 39.4. The lowest BCUT2D eigenvalue weighted by Crippen LogP contribution is -2.24. The molecule has 1 amide bonds. The molecule has 0 spiro atoms. The summed E-state index contributed by atoms with van der Waals surface area (Å²) in [5.41, 5.74) is 5.67. The van der Waals surface area contributed by atoms with Gasteiger partial charge in [0.15, 0.2) is 5.16 Å². The SMILES string of the molecule is COC(=O)CCCCCn1c(SCC(N)=O)nc2ccccc2c1=O. The van der Waals surface area contributed by atoms with E-state index in [0.29, 0.717) is 35.4 Å². The van der Waals surface area contributed by atoms with Gasteiger partial charge in [-0.25, -0.2) is 4.98 Å².